The molecule has 3 amide bonds. The van der Waals surface area contributed by atoms with Crippen molar-refractivity contribution >= 4 is 40.7 Å². The van der Waals surface area contributed by atoms with Gasteiger partial charge in [0, 0.05) is 69.2 Å². The van der Waals surface area contributed by atoms with E-state index in [1.165, 1.54) is 10.5 Å². The van der Waals surface area contributed by atoms with Crippen LogP contribution in [0.3, 0.4) is 0 Å². The molecule has 16 heteroatoms. The Kier molecular flexibility index (Phi) is 17.0. The number of piperazine rings is 1. The molecular formula is C56H75ClN8O6S. The van der Waals surface area contributed by atoms with Crippen LogP contribution in [0, 0.1) is 34.5 Å². The van der Waals surface area contributed by atoms with Crippen molar-refractivity contribution in [2.24, 2.45) is 16.2 Å². The van der Waals surface area contributed by atoms with Gasteiger partial charge in [0.15, 0.2) is 0 Å². The third kappa shape index (κ3) is 12.2. The summed E-state index contributed by atoms with van der Waals surface area (Å²) < 4.78 is 12.7. The second-order valence-corrected chi connectivity index (χ2v) is 23.8. The first-order valence-corrected chi connectivity index (χ1v) is 26.5. The number of hydrogen-bond donors (Lipinski definition) is 4. The van der Waals surface area contributed by atoms with Gasteiger partial charge in [0.2, 0.25) is 17.7 Å². The van der Waals surface area contributed by atoms with Crippen molar-refractivity contribution in [1.82, 2.24) is 35.6 Å². The van der Waals surface area contributed by atoms with Crippen LogP contribution in [-0.4, -0.2) is 126 Å². The number of benzene rings is 3. The van der Waals surface area contributed by atoms with Crippen LogP contribution in [0.4, 0.5) is 0 Å². The van der Waals surface area contributed by atoms with Crippen molar-refractivity contribution in [2.45, 2.75) is 131 Å². The summed E-state index contributed by atoms with van der Waals surface area (Å²) >= 11 is 7.91. The van der Waals surface area contributed by atoms with Gasteiger partial charge in [0.05, 0.1) is 45.4 Å². The maximum absolute atomic E-state index is 14.3. The van der Waals surface area contributed by atoms with Crippen LogP contribution < -0.4 is 20.7 Å². The van der Waals surface area contributed by atoms with E-state index in [2.05, 4.69) is 95.7 Å². The lowest BCUT2D eigenvalue weighted by molar-refractivity contribution is -0.196. The van der Waals surface area contributed by atoms with Crippen LogP contribution in [0.25, 0.3) is 10.4 Å². The molecule has 0 spiro atoms. The van der Waals surface area contributed by atoms with Crippen LogP contribution >= 0.6 is 22.9 Å². The highest BCUT2D eigenvalue weighted by molar-refractivity contribution is 7.13. The molecule has 3 fully saturated rings. The van der Waals surface area contributed by atoms with E-state index in [1.54, 1.807) is 36.6 Å². The van der Waals surface area contributed by atoms with E-state index in [0.29, 0.717) is 16.3 Å². The number of β-amino-alcohol motifs (C(OH)–C–C–N with tert-alkyl or cyclic N) is 1. The Hall–Kier alpha value is -4.92. The number of likely N-dealkylation sites (tertiary alicyclic amines) is 1. The number of amides is 3. The number of aliphatic hydroxyl groups excluding tert-OH is 1. The van der Waals surface area contributed by atoms with E-state index < -0.39 is 29.3 Å². The van der Waals surface area contributed by atoms with Crippen molar-refractivity contribution in [3.63, 3.8) is 0 Å². The van der Waals surface area contributed by atoms with Crippen LogP contribution in [0.15, 0.2) is 72.2 Å². The molecule has 7 rings (SSSR count). The quantitative estimate of drug-likeness (QED) is 0.0716. The zero-order valence-electron chi connectivity index (χ0n) is 44.0. The smallest absolute Gasteiger partial charge is 0.246 e. The highest BCUT2D eigenvalue weighted by atomic mass is 35.5. The largest absolute Gasteiger partial charge is 0.489 e. The number of ether oxygens (including phenoxy) is 2. The van der Waals surface area contributed by atoms with Crippen molar-refractivity contribution < 1.29 is 29.0 Å². The topological polar surface area (TPSA) is 172 Å². The number of nitrogens with one attached hydrogen (secondary N) is 3. The maximum atomic E-state index is 14.3. The Morgan fingerprint density at radius 3 is 2.19 bits per heavy atom. The Balaban J connectivity index is 0.852. The first kappa shape index (κ1) is 54.8. The lowest BCUT2D eigenvalue weighted by Gasteiger charge is -2.64. The number of aliphatic hydroxyl groups is 1. The fourth-order valence-corrected chi connectivity index (χ4v) is 12.2. The fraction of sp³-hybridized carbons (Fsp3) is 0.554. The molecule has 3 aliphatic rings. The number of methoxy groups -OCH3 is 1. The molecule has 0 radical (unpaired) electrons. The molecule has 388 valence electrons. The predicted molar refractivity (Wildman–Crippen MR) is 283 cm³/mol. The summed E-state index contributed by atoms with van der Waals surface area (Å²) in [6.07, 6.45) is 1.09. The number of nitriles is 1. The number of carbonyl (C=O) groups excluding carboxylic acids is 3. The number of hydrogen-bond acceptors (Lipinski definition) is 12. The molecular weight excluding hydrogens is 948 g/mol. The maximum Gasteiger partial charge on any atom is 0.246 e. The average Bonchev–Trinajstić information content (AvgIpc) is 3.96. The molecule has 1 aliphatic carbocycles. The standard InChI is InChI=1S/C56H75ClN8O6S/c1-35(38-16-18-39(19-17-38)47-36(2)59-34-72-47)60-49(68)45-29-42(66)32-65(45)50(69)48(53(3,4)5)61-46(67)33-64-27-25-63(26-28-64)24-12-13-37-14-21-41(22-15-37)56(10,70-11)62-51-54(6,7)52(55(51,8)9)71-43-23-20-40(31-58)44(57)30-43/h14-23,30,34-35,42,45,48,51-52,62,66H,12-13,24-29,32-33H2,1-11H3,(H,60,68)(H,61,67)/t35-,42+,45-,48+,51?,52?,56?/m0/s1. The molecule has 0 bridgehead atoms. The Bertz CT molecular complexity index is 2570. The van der Waals surface area contributed by atoms with Gasteiger partial charge in [-0.2, -0.15) is 5.26 Å². The van der Waals surface area contributed by atoms with Gasteiger partial charge in [0.1, 0.15) is 35.7 Å². The zero-order chi connectivity index (χ0) is 52.3. The van der Waals surface area contributed by atoms with Crippen molar-refractivity contribution in [2.75, 3.05) is 52.9 Å². The summed E-state index contributed by atoms with van der Waals surface area (Å²) in [5, 5.41) is 30.4. The number of aryl methyl sites for hydroxylation is 2. The number of aromatic nitrogens is 1. The minimum atomic E-state index is -0.890. The Labute approximate surface area is 435 Å². The molecule has 3 aromatic carbocycles. The summed E-state index contributed by atoms with van der Waals surface area (Å²) in [4.78, 5) is 53.1. The molecule has 1 saturated carbocycles. The Morgan fingerprint density at radius 1 is 0.958 bits per heavy atom. The molecule has 14 nitrogen and oxygen atoms in total. The zero-order valence-corrected chi connectivity index (χ0v) is 45.5. The molecule has 72 heavy (non-hydrogen) atoms. The van der Waals surface area contributed by atoms with Gasteiger partial charge in [-0.3, -0.25) is 24.6 Å². The fourth-order valence-electron chi connectivity index (χ4n) is 11.2. The summed E-state index contributed by atoms with van der Waals surface area (Å²) in [5.74, 6) is -0.306. The normalized spacial score (nSPS) is 22.8. The van der Waals surface area contributed by atoms with Gasteiger partial charge < -0.3 is 35.0 Å². The summed E-state index contributed by atoms with van der Waals surface area (Å²) in [6.45, 7) is 24.7. The molecule has 4 aromatic rings. The second kappa shape index (κ2) is 22.3. The summed E-state index contributed by atoms with van der Waals surface area (Å²) in [5.41, 5.74) is 5.60. The second-order valence-electron chi connectivity index (χ2n) is 22.5. The van der Waals surface area contributed by atoms with Crippen molar-refractivity contribution in [3.8, 4) is 22.3 Å². The average molecular weight is 1020 g/mol. The highest BCUT2D eigenvalue weighted by Crippen LogP contribution is 2.56. The molecule has 2 aliphatic heterocycles. The molecule has 1 aromatic heterocycles. The number of rotatable bonds is 18. The molecule has 3 heterocycles. The summed E-state index contributed by atoms with van der Waals surface area (Å²) in [6, 6.07) is 22.0. The molecule has 4 N–H and O–H groups in total. The van der Waals surface area contributed by atoms with E-state index in [0.717, 1.165) is 72.8 Å². The molecule has 2 saturated heterocycles. The number of carbonyl (C=O) groups is 3. The Morgan fingerprint density at radius 2 is 1.61 bits per heavy atom. The van der Waals surface area contributed by atoms with Crippen molar-refractivity contribution in [1.29, 1.82) is 5.26 Å². The van der Waals surface area contributed by atoms with E-state index in [9.17, 15) is 24.8 Å². The number of halogens is 1. The third-order valence-electron chi connectivity index (χ3n) is 15.3. The molecule has 5 atom stereocenters. The SMILES string of the molecule is COC(C)(NC1C(C)(C)C(Oc2ccc(C#N)c(Cl)c2)C1(C)C)c1ccc(CCCN2CCN(CC(=O)N[C@H](C(=O)N3C[C@H](O)C[C@H]3C(=O)N[C@@H](C)c3ccc(-c4scnc4C)cc3)C(C)(C)C)CC2)cc1. The predicted octanol–water partition coefficient (Wildman–Crippen LogP) is 7.85. The van der Waals surface area contributed by atoms with Gasteiger partial charge in [-0.05, 0) is 80.0 Å². The van der Waals surface area contributed by atoms with Crippen LogP contribution in [-0.2, 0) is 31.3 Å². The van der Waals surface area contributed by atoms with Gasteiger partial charge in [-0.15, -0.1) is 11.3 Å². The first-order valence-electron chi connectivity index (χ1n) is 25.3. The monoisotopic (exact) mass is 1020 g/mol. The van der Waals surface area contributed by atoms with Gasteiger partial charge in [-0.25, -0.2) is 4.98 Å². The van der Waals surface area contributed by atoms with E-state index in [-0.39, 0.29) is 66.2 Å². The van der Waals surface area contributed by atoms with E-state index >= 15 is 0 Å². The lowest BCUT2D eigenvalue weighted by Crippen LogP contribution is -2.76. The van der Waals surface area contributed by atoms with Crippen LogP contribution in [0.5, 0.6) is 5.75 Å². The number of thiazole rings is 1. The van der Waals surface area contributed by atoms with Gasteiger partial charge >= 0.3 is 0 Å². The molecule has 1 unspecified atom stereocenters. The van der Waals surface area contributed by atoms with Gasteiger partial charge in [-0.1, -0.05) is 109 Å². The number of nitrogens with zero attached hydrogens (tertiary/aromatic N) is 5. The van der Waals surface area contributed by atoms with E-state index in [4.69, 9.17) is 21.1 Å². The van der Waals surface area contributed by atoms with Crippen molar-refractivity contribution in [3.05, 3.63) is 105 Å². The summed E-state index contributed by atoms with van der Waals surface area (Å²) in [7, 11) is 1.73. The van der Waals surface area contributed by atoms with Crippen LogP contribution in [0.1, 0.15) is 109 Å². The first-order chi connectivity index (χ1) is 33.9. The minimum Gasteiger partial charge on any atom is -0.489 e. The third-order valence-corrected chi connectivity index (χ3v) is 16.6. The van der Waals surface area contributed by atoms with Gasteiger partial charge in [0.25, 0.3) is 0 Å². The lowest BCUT2D eigenvalue weighted by atomic mass is 9.49. The van der Waals surface area contributed by atoms with Crippen LogP contribution in [0.2, 0.25) is 5.02 Å². The highest BCUT2D eigenvalue weighted by Gasteiger charge is 2.64. The van der Waals surface area contributed by atoms with E-state index in [1.807, 2.05) is 64.4 Å². The minimum absolute atomic E-state index is 0.0184.